The van der Waals surface area contributed by atoms with Crippen molar-refractivity contribution in [1.29, 1.82) is 0 Å². The number of nitrogens with zero attached hydrogens (tertiary/aromatic N) is 1. The van der Waals surface area contributed by atoms with Gasteiger partial charge in [0.15, 0.2) is 0 Å². The largest absolute Gasteiger partial charge is 0.433 e. The molecule has 2 rings (SSSR count). The van der Waals surface area contributed by atoms with Gasteiger partial charge in [0.2, 0.25) is 0 Å². The Bertz CT molecular complexity index is 625. The Morgan fingerprint density at radius 3 is 2.50 bits per heavy atom. The number of hydrogen-bond donors (Lipinski definition) is 1. The zero-order valence-corrected chi connectivity index (χ0v) is 13.2. The molecule has 1 atom stereocenters. The van der Waals surface area contributed by atoms with Gasteiger partial charge in [-0.3, -0.25) is 0 Å². The van der Waals surface area contributed by atoms with E-state index in [1.807, 2.05) is 6.92 Å². The molecule has 0 amide bonds. The van der Waals surface area contributed by atoms with E-state index in [9.17, 15) is 18.3 Å². The Morgan fingerprint density at radius 2 is 2.05 bits per heavy atom. The maximum Gasteiger partial charge on any atom is 0.433 e. The number of aromatic nitrogens is 1. The van der Waals surface area contributed by atoms with E-state index >= 15 is 0 Å². The number of halogens is 5. The van der Waals surface area contributed by atoms with Crippen LogP contribution in [0.1, 0.15) is 27.1 Å². The van der Waals surface area contributed by atoms with Gasteiger partial charge >= 0.3 is 6.18 Å². The summed E-state index contributed by atoms with van der Waals surface area (Å²) in [6.45, 7) is 1.86. The molecule has 0 fully saturated rings. The number of pyridine rings is 1. The lowest BCUT2D eigenvalue weighted by atomic mass is 10.1. The van der Waals surface area contributed by atoms with Crippen LogP contribution in [0.15, 0.2) is 22.7 Å². The van der Waals surface area contributed by atoms with Crippen molar-refractivity contribution in [1.82, 2.24) is 4.98 Å². The summed E-state index contributed by atoms with van der Waals surface area (Å²) in [6, 6.07) is 3.66. The molecule has 8 heteroatoms. The predicted octanol–water partition coefficient (Wildman–Crippen LogP) is 4.97. The molecule has 0 aliphatic rings. The summed E-state index contributed by atoms with van der Waals surface area (Å²) < 4.78 is 38.3. The van der Waals surface area contributed by atoms with Crippen molar-refractivity contribution < 1.29 is 18.3 Å². The molecule has 2 aromatic heterocycles. The number of aliphatic hydroxyl groups is 1. The van der Waals surface area contributed by atoms with Crippen LogP contribution in [0.25, 0.3) is 0 Å². The Hall–Kier alpha value is -0.630. The normalized spacial score (nSPS) is 13.6. The van der Waals surface area contributed by atoms with Crippen molar-refractivity contribution in [3.63, 3.8) is 0 Å². The van der Waals surface area contributed by atoms with Crippen molar-refractivity contribution in [2.45, 2.75) is 19.2 Å². The Labute approximate surface area is 130 Å². The molecule has 0 aromatic carbocycles. The molecule has 0 spiro atoms. The van der Waals surface area contributed by atoms with E-state index in [0.717, 1.165) is 21.5 Å². The van der Waals surface area contributed by atoms with Gasteiger partial charge in [-0.05, 0) is 35.0 Å². The van der Waals surface area contributed by atoms with Crippen LogP contribution in [0.5, 0.6) is 0 Å². The number of thiophene rings is 1. The SMILES string of the molecule is Cc1sc(C(O)c2ccc(C(F)(F)F)nc2Cl)cc1Br. The Kier molecular flexibility index (Phi) is 4.44. The first kappa shape index (κ1) is 15.8. The van der Waals surface area contributed by atoms with Crippen molar-refractivity contribution in [3.05, 3.63) is 48.8 Å². The van der Waals surface area contributed by atoms with E-state index in [2.05, 4.69) is 20.9 Å². The highest BCUT2D eigenvalue weighted by atomic mass is 79.9. The van der Waals surface area contributed by atoms with Gasteiger partial charge < -0.3 is 5.11 Å². The highest BCUT2D eigenvalue weighted by Crippen LogP contribution is 2.37. The first-order valence-corrected chi connectivity index (χ1v) is 7.36. The van der Waals surface area contributed by atoms with Gasteiger partial charge in [0.25, 0.3) is 0 Å². The third-order valence-corrected chi connectivity index (χ3v) is 5.10. The topological polar surface area (TPSA) is 33.1 Å². The van der Waals surface area contributed by atoms with E-state index in [0.29, 0.717) is 4.88 Å². The zero-order chi connectivity index (χ0) is 15.1. The fraction of sp³-hybridized carbons (Fsp3) is 0.250. The molecular formula is C12H8BrClF3NOS. The fourth-order valence-corrected chi connectivity index (χ4v) is 3.40. The van der Waals surface area contributed by atoms with Gasteiger partial charge in [-0.1, -0.05) is 17.7 Å². The molecule has 0 aliphatic carbocycles. The summed E-state index contributed by atoms with van der Waals surface area (Å²) in [6.07, 6.45) is -5.66. The van der Waals surface area contributed by atoms with E-state index in [4.69, 9.17) is 11.6 Å². The second-order valence-electron chi connectivity index (χ2n) is 4.03. The van der Waals surface area contributed by atoms with E-state index in [1.165, 1.54) is 11.3 Å². The van der Waals surface area contributed by atoms with Crippen LogP contribution in [0.2, 0.25) is 5.15 Å². The number of rotatable bonds is 2. The van der Waals surface area contributed by atoms with Gasteiger partial charge in [0, 0.05) is 19.8 Å². The van der Waals surface area contributed by atoms with Gasteiger partial charge in [0.1, 0.15) is 17.0 Å². The predicted molar refractivity (Wildman–Crippen MR) is 75.1 cm³/mol. The van der Waals surface area contributed by atoms with E-state index in [1.54, 1.807) is 6.07 Å². The van der Waals surface area contributed by atoms with Crippen molar-refractivity contribution in [3.8, 4) is 0 Å². The highest BCUT2D eigenvalue weighted by molar-refractivity contribution is 9.10. The molecule has 1 unspecified atom stereocenters. The molecule has 0 aliphatic heterocycles. The minimum atomic E-state index is -4.56. The van der Waals surface area contributed by atoms with Crippen molar-refractivity contribution in [2.75, 3.05) is 0 Å². The first-order valence-electron chi connectivity index (χ1n) is 5.37. The number of hydrogen-bond acceptors (Lipinski definition) is 3. The van der Waals surface area contributed by atoms with E-state index < -0.39 is 18.0 Å². The van der Waals surface area contributed by atoms with Crippen molar-refractivity contribution in [2.24, 2.45) is 0 Å². The molecule has 2 aromatic rings. The second kappa shape index (κ2) is 5.63. The quantitative estimate of drug-likeness (QED) is 0.739. The summed E-state index contributed by atoms with van der Waals surface area (Å²) in [5.74, 6) is 0. The third kappa shape index (κ3) is 3.16. The van der Waals surface area contributed by atoms with Crippen LogP contribution in [0.4, 0.5) is 13.2 Å². The van der Waals surface area contributed by atoms with Crippen LogP contribution in [0, 0.1) is 6.92 Å². The molecule has 0 saturated heterocycles. The maximum atomic E-state index is 12.5. The molecule has 20 heavy (non-hydrogen) atoms. The molecule has 0 saturated carbocycles. The van der Waals surface area contributed by atoms with Crippen LogP contribution < -0.4 is 0 Å². The minimum Gasteiger partial charge on any atom is -0.383 e. The highest BCUT2D eigenvalue weighted by Gasteiger charge is 2.33. The lowest BCUT2D eigenvalue weighted by molar-refractivity contribution is -0.141. The lowest BCUT2D eigenvalue weighted by Gasteiger charge is -2.12. The lowest BCUT2D eigenvalue weighted by Crippen LogP contribution is -2.09. The summed E-state index contributed by atoms with van der Waals surface area (Å²) in [5.41, 5.74) is -0.935. The van der Waals surface area contributed by atoms with Gasteiger partial charge in [-0.15, -0.1) is 11.3 Å². The van der Waals surface area contributed by atoms with Crippen LogP contribution >= 0.6 is 38.9 Å². The smallest absolute Gasteiger partial charge is 0.383 e. The summed E-state index contributed by atoms with van der Waals surface area (Å²) >= 11 is 10.4. The fourth-order valence-electron chi connectivity index (χ4n) is 1.58. The van der Waals surface area contributed by atoms with Crippen LogP contribution in [0.3, 0.4) is 0 Å². The number of aliphatic hydroxyl groups excluding tert-OH is 1. The van der Waals surface area contributed by atoms with Crippen LogP contribution in [-0.4, -0.2) is 10.1 Å². The first-order chi connectivity index (χ1) is 9.20. The molecule has 108 valence electrons. The number of alkyl halides is 3. The molecule has 2 nitrogen and oxygen atoms in total. The van der Waals surface area contributed by atoms with E-state index in [-0.39, 0.29) is 10.7 Å². The summed E-state index contributed by atoms with van der Waals surface area (Å²) in [4.78, 5) is 4.83. The molecule has 0 bridgehead atoms. The average Bonchev–Trinajstić information content (AvgIpc) is 2.67. The zero-order valence-electron chi connectivity index (χ0n) is 10.0. The van der Waals surface area contributed by atoms with Crippen molar-refractivity contribution >= 4 is 38.9 Å². The summed E-state index contributed by atoms with van der Waals surface area (Å²) in [7, 11) is 0. The van der Waals surface area contributed by atoms with Gasteiger partial charge in [-0.2, -0.15) is 13.2 Å². The molecule has 1 N–H and O–H groups in total. The standard InChI is InChI=1S/C12H8BrClF3NOS/c1-5-7(13)4-8(20-5)10(19)6-2-3-9(12(15,16)17)18-11(6)14/h2-4,10,19H,1H3. The molecular weight excluding hydrogens is 379 g/mol. The van der Waals surface area contributed by atoms with Crippen LogP contribution in [-0.2, 0) is 6.18 Å². The number of aryl methyl sites for hydroxylation is 1. The van der Waals surface area contributed by atoms with Gasteiger partial charge in [0.05, 0.1) is 0 Å². The molecule has 0 radical (unpaired) electrons. The maximum absolute atomic E-state index is 12.5. The molecule has 2 heterocycles. The monoisotopic (exact) mass is 385 g/mol. The minimum absolute atomic E-state index is 0.147. The van der Waals surface area contributed by atoms with Gasteiger partial charge in [-0.25, -0.2) is 4.98 Å². The third-order valence-electron chi connectivity index (χ3n) is 2.61. The average molecular weight is 387 g/mol. The second-order valence-corrected chi connectivity index (χ2v) is 6.53. The Morgan fingerprint density at radius 1 is 1.40 bits per heavy atom. The summed E-state index contributed by atoms with van der Waals surface area (Å²) in [5, 5.41) is 9.84. The Balaban J connectivity index is 2.38.